The number of rotatable bonds is 4. The molecule has 1 aromatic heterocycles. The Morgan fingerprint density at radius 1 is 1.04 bits per heavy atom. The molecular formula is C17H12F3N3O3. The number of hydrogen-bond donors (Lipinski definition) is 1. The zero-order valence-electron chi connectivity index (χ0n) is 13.4. The first-order chi connectivity index (χ1) is 12.4. The highest BCUT2D eigenvalue weighted by Crippen LogP contribution is 2.27. The fourth-order valence-electron chi connectivity index (χ4n) is 2.11. The molecule has 3 aromatic rings. The predicted octanol–water partition coefficient (Wildman–Crippen LogP) is 3.91. The van der Waals surface area contributed by atoms with E-state index in [1.54, 1.807) is 29.6 Å². The molecule has 1 amide bonds. The van der Waals surface area contributed by atoms with Crippen molar-refractivity contribution in [2.75, 3.05) is 12.4 Å². The number of alkyl halides is 3. The number of nitrogens with one attached hydrogen (secondary N) is 1. The van der Waals surface area contributed by atoms with Gasteiger partial charge in [0, 0.05) is 16.8 Å². The normalized spacial score (nSPS) is 11.2. The van der Waals surface area contributed by atoms with Gasteiger partial charge in [0.05, 0.1) is 7.11 Å². The van der Waals surface area contributed by atoms with Crippen LogP contribution in [0.3, 0.4) is 0 Å². The van der Waals surface area contributed by atoms with Crippen molar-refractivity contribution < 1.29 is 27.1 Å². The van der Waals surface area contributed by atoms with Gasteiger partial charge in [0.1, 0.15) is 5.75 Å². The highest BCUT2D eigenvalue weighted by molar-refractivity contribution is 5.95. The quantitative estimate of drug-likeness (QED) is 0.760. The lowest BCUT2D eigenvalue weighted by Gasteiger charge is -2.07. The third-order valence-electron chi connectivity index (χ3n) is 3.39. The Morgan fingerprint density at radius 3 is 2.31 bits per heavy atom. The van der Waals surface area contributed by atoms with Crippen LogP contribution in [0.15, 0.2) is 52.9 Å². The van der Waals surface area contributed by atoms with Crippen molar-refractivity contribution in [3.05, 3.63) is 48.5 Å². The van der Waals surface area contributed by atoms with E-state index in [-0.39, 0.29) is 17.5 Å². The maximum absolute atomic E-state index is 12.2. The van der Waals surface area contributed by atoms with Crippen LogP contribution in [0.25, 0.3) is 22.9 Å². The number of anilines is 1. The molecule has 2 aromatic carbocycles. The Morgan fingerprint density at radius 2 is 1.69 bits per heavy atom. The van der Waals surface area contributed by atoms with E-state index in [9.17, 15) is 18.0 Å². The summed E-state index contributed by atoms with van der Waals surface area (Å²) in [6, 6.07) is 12.6. The van der Waals surface area contributed by atoms with Crippen molar-refractivity contribution in [1.82, 2.24) is 10.2 Å². The van der Waals surface area contributed by atoms with Gasteiger partial charge in [-0.15, -0.1) is 10.2 Å². The van der Waals surface area contributed by atoms with Crippen LogP contribution in [0.5, 0.6) is 5.75 Å². The smallest absolute Gasteiger partial charge is 0.471 e. The third kappa shape index (κ3) is 3.82. The minimum Gasteiger partial charge on any atom is -0.497 e. The van der Waals surface area contributed by atoms with Crippen molar-refractivity contribution in [2.45, 2.75) is 6.18 Å². The van der Waals surface area contributed by atoms with Gasteiger partial charge in [-0.3, -0.25) is 4.79 Å². The van der Waals surface area contributed by atoms with E-state index in [1.807, 2.05) is 0 Å². The lowest BCUT2D eigenvalue weighted by atomic mass is 10.2. The second kappa shape index (κ2) is 6.87. The predicted molar refractivity (Wildman–Crippen MR) is 86.4 cm³/mol. The Labute approximate surface area is 145 Å². The molecule has 0 saturated carbocycles. The monoisotopic (exact) mass is 363 g/mol. The summed E-state index contributed by atoms with van der Waals surface area (Å²) in [5.41, 5.74) is 1.16. The summed E-state index contributed by atoms with van der Waals surface area (Å²) in [7, 11) is 1.54. The molecule has 3 rings (SSSR count). The number of carbonyl (C=O) groups is 1. The topological polar surface area (TPSA) is 77.3 Å². The Balaban J connectivity index is 1.78. The van der Waals surface area contributed by atoms with Crippen molar-refractivity contribution in [3.63, 3.8) is 0 Å². The molecule has 0 unspecified atom stereocenters. The number of hydrogen-bond acceptors (Lipinski definition) is 5. The van der Waals surface area contributed by atoms with Crippen LogP contribution in [-0.4, -0.2) is 29.4 Å². The first-order valence-corrected chi connectivity index (χ1v) is 7.33. The van der Waals surface area contributed by atoms with E-state index in [4.69, 9.17) is 9.15 Å². The molecule has 0 bridgehead atoms. The number of nitrogens with zero attached hydrogens (tertiary/aromatic N) is 2. The lowest BCUT2D eigenvalue weighted by Crippen LogP contribution is -2.29. The minimum atomic E-state index is -4.95. The molecule has 6 nitrogen and oxygen atoms in total. The van der Waals surface area contributed by atoms with Gasteiger partial charge in [-0.25, -0.2) is 0 Å². The summed E-state index contributed by atoms with van der Waals surface area (Å²) in [4.78, 5) is 10.9. The maximum Gasteiger partial charge on any atom is 0.471 e. The van der Waals surface area contributed by atoms with Gasteiger partial charge < -0.3 is 14.5 Å². The largest absolute Gasteiger partial charge is 0.497 e. The van der Waals surface area contributed by atoms with Gasteiger partial charge >= 0.3 is 12.1 Å². The van der Waals surface area contributed by atoms with E-state index >= 15 is 0 Å². The van der Waals surface area contributed by atoms with Crippen LogP contribution in [0, 0.1) is 0 Å². The van der Waals surface area contributed by atoms with Crippen LogP contribution in [-0.2, 0) is 4.79 Å². The molecule has 0 spiro atoms. The molecular weight excluding hydrogens is 351 g/mol. The van der Waals surface area contributed by atoms with Crippen LogP contribution in [0.4, 0.5) is 18.9 Å². The van der Waals surface area contributed by atoms with Gasteiger partial charge in [0.25, 0.3) is 0 Å². The van der Waals surface area contributed by atoms with E-state index in [1.165, 1.54) is 31.4 Å². The van der Waals surface area contributed by atoms with E-state index in [0.717, 1.165) is 0 Å². The lowest BCUT2D eigenvalue weighted by molar-refractivity contribution is -0.167. The Kier molecular flexibility index (Phi) is 4.61. The van der Waals surface area contributed by atoms with Crippen LogP contribution in [0.1, 0.15) is 0 Å². The minimum absolute atomic E-state index is 0.00334. The fraction of sp³-hybridized carbons (Fsp3) is 0.118. The summed E-state index contributed by atoms with van der Waals surface area (Å²) < 4.78 is 47.4. The molecule has 0 saturated heterocycles. The molecule has 134 valence electrons. The highest BCUT2D eigenvalue weighted by atomic mass is 19.4. The molecule has 0 fully saturated rings. The van der Waals surface area contributed by atoms with Crippen molar-refractivity contribution in [3.8, 4) is 28.7 Å². The summed E-state index contributed by atoms with van der Waals surface area (Å²) >= 11 is 0. The molecule has 0 radical (unpaired) electrons. The molecule has 0 atom stereocenters. The van der Waals surface area contributed by atoms with Crippen molar-refractivity contribution in [2.24, 2.45) is 0 Å². The standard InChI is InChI=1S/C17H12F3N3O3/c1-25-13-4-2-3-11(9-13)15-23-22-14(26-15)10-5-7-12(8-6-10)21-16(24)17(18,19)20/h2-9H,1H3,(H,21,24). The summed E-state index contributed by atoms with van der Waals surface area (Å²) in [5, 5.41) is 9.63. The summed E-state index contributed by atoms with van der Waals surface area (Å²) in [5.74, 6) is -0.944. The van der Waals surface area contributed by atoms with Crippen molar-refractivity contribution in [1.29, 1.82) is 0 Å². The Hall–Kier alpha value is -3.36. The average Bonchev–Trinajstić information content (AvgIpc) is 3.12. The molecule has 1 heterocycles. The van der Waals surface area contributed by atoms with E-state index in [2.05, 4.69) is 10.2 Å². The fourth-order valence-corrected chi connectivity index (χ4v) is 2.11. The summed E-state index contributed by atoms with van der Waals surface area (Å²) in [6.07, 6.45) is -4.95. The van der Waals surface area contributed by atoms with Gasteiger partial charge in [0.2, 0.25) is 11.8 Å². The zero-order chi connectivity index (χ0) is 18.7. The number of methoxy groups -OCH3 is 1. The van der Waals surface area contributed by atoms with E-state index in [0.29, 0.717) is 16.9 Å². The molecule has 26 heavy (non-hydrogen) atoms. The number of benzene rings is 2. The molecule has 1 N–H and O–H groups in total. The number of carbonyl (C=O) groups excluding carboxylic acids is 1. The molecule has 9 heteroatoms. The second-order valence-corrected chi connectivity index (χ2v) is 5.17. The van der Waals surface area contributed by atoms with Crippen LogP contribution in [0.2, 0.25) is 0 Å². The number of halogens is 3. The third-order valence-corrected chi connectivity index (χ3v) is 3.39. The van der Waals surface area contributed by atoms with Crippen molar-refractivity contribution >= 4 is 11.6 Å². The second-order valence-electron chi connectivity index (χ2n) is 5.17. The molecule has 0 aliphatic rings. The van der Waals surface area contributed by atoms with Gasteiger partial charge in [-0.2, -0.15) is 13.2 Å². The first-order valence-electron chi connectivity index (χ1n) is 7.33. The van der Waals surface area contributed by atoms with Gasteiger partial charge in [-0.1, -0.05) is 6.07 Å². The average molecular weight is 363 g/mol. The number of aromatic nitrogens is 2. The molecule has 0 aliphatic heterocycles. The number of ether oxygens (including phenoxy) is 1. The first kappa shape index (κ1) is 17.5. The van der Waals surface area contributed by atoms with Crippen LogP contribution < -0.4 is 10.1 Å². The van der Waals surface area contributed by atoms with Crippen LogP contribution >= 0.6 is 0 Å². The highest BCUT2D eigenvalue weighted by Gasteiger charge is 2.38. The maximum atomic E-state index is 12.2. The summed E-state index contributed by atoms with van der Waals surface area (Å²) in [6.45, 7) is 0. The zero-order valence-corrected chi connectivity index (χ0v) is 13.4. The molecule has 0 aliphatic carbocycles. The Bertz CT molecular complexity index is 921. The van der Waals surface area contributed by atoms with Gasteiger partial charge in [-0.05, 0) is 42.5 Å². The van der Waals surface area contributed by atoms with Gasteiger partial charge in [0.15, 0.2) is 0 Å². The number of amides is 1. The van der Waals surface area contributed by atoms with E-state index < -0.39 is 12.1 Å². The SMILES string of the molecule is COc1cccc(-c2nnc(-c3ccc(NC(=O)C(F)(F)F)cc3)o2)c1.